The highest BCUT2D eigenvalue weighted by Crippen LogP contribution is 2.35. The molecule has 3 aromatic heterocycles. The van der Waals surface area contributed by atoms with E-state index in [4.69, 9.17) is 4.84 Å². The summed E-state index contributed by atoms with van der Waals surface area (Å²) in [5, 5.41) is 13.4. The molecule has 0 amide bonds. The van der Waals surface area contributed by atoms with Crippen LogP contribution < -0.4 is 0 Å². The smallest absolute Gasteiger partial charge is 0.141 e. The second kappa shape index (κ2) is 7.19. The molecule has 0 fully saturated rings. The summed E-state index contributed by atoms with van der Waals surface area (Å²) in [5.74, 6) is 0.447. The molecule has 6 heteroatoms. The van der Waals surface area contributed by atoms with Gasteiger partial charge in [-0.25, -0.2) is 4.98 Å². The van der Waals surface area contributed by atoms with E-state index < -0.39 is 0 Å². The first-order valence-electron chi connectivity index (χ1n) is 8.21. The van der Waals surface area contributed by atoms with Crippen LogP contribution in [0.25, 0.3) is 22.3 Å². The van der Waals surface area contributed by atoms with Crippen LogP contribution in [0.5, 0.6) is 0 Å². The number of fused-ring (bicyclic) bond motifs is 1. The minimum atomic E-state index is -0.0762. The maximum absolute atomic E-state index is 9.22. The van der Waals surface area contributed by atoms with Gasteiger partial charge in [-0.05, 0) is 38.1 Å². The lowest BCUT2D eigenvalue weighted by Gasteiger charge is -2.13. The Labute approximate surface area is 151 Å². The summed E-state index contributed by atoms with van der Waals surface area (Å²) in [4.78, 5) is 17.2. The molecule has 0 radical (unpaired) electrons. The SMILES string of the molecule is C=C(C)ON=C(C)C(C)c1c(-c2ccncc2)[nH]c2ccc(C#N)nc12. The first kappa shape index (κ1) is 17.4. The summed E-state index contributed by atoms with van der Waals surface area (Å²) in [6.45, 7) is 9.38. The average Bonchev–Trinajstić information content (AvgIpc) is 3.04. The zero-order valence-electron chi connectivity index (χ0n) is 14.9. The molecule has 130 valence electrons. The molecule has 0 bridgehead atoms. The Morgan fingerprint density at radius 1 is 1.27 bits per heavy atom. The topological polar surface area (TPSA) is 87.0 Å². The molecule has 0 saturated heterocycles. The van der Waals surface area contributed by atoms with Gasteiger partial charge in [-0.15, -0.1) is 0 Å². The van der Waals surface area contributed by atoms with Gasteiger partial charge in [-0.2, -0.15) is 5.26 Å². The number of pyridine rings is 2. The predicted octanol–water partition coefficient (Wildman–Crippen LogP) is 4.53. The lowest BCUT2D eigenvalue weighted by Crippen LogP contribution is -2.07. The molecule has 0 aliphatic carbocycles. The van der Waals surface area contributed by atoms with Gasteiger partial charge in [0, 0.05) is 29.4 Å². The number of oxime groups is 1. The van der Waals surface area contributed by atoms with Crippen molar-refractivity contribution < 1.29 is 4.84 Å². The van der Waals surface area contributed by atoms with Crippen molar-refractivity contribution in [3.63, 3.8) is 0 Å². The van der Waals surface area contributed by atoms with E-state index in [2.05, 4.69) is 32.8 Å². The number of rotatable bonds is 5. The number of nitrogens with one attached hydrogen (secondary N) is 1. The number of nitrogens with zero attached hydrogens (tertiary/aromatic N) is 4. The van der Waals surface area contributed by atoms with Crippen molar-refractivity contribution in [3.05, 3.63) is 60.3 Å². The second-order valence-corrected chi connectivity index (χ2v) is 6.10. The van der Waals surface area contributed by atoms with Gasteiger partial charge >= 0.3 is 0 Å². The van der Waals surface area contributed by atoms with Crippen molar-refractivity contribution >= 4 is 16.7 Å². The van der Waals surface area contributed by atoms with Gasteiger partial charge in [0.1, 0.15) is 17.5 Å². The first-order chi connectivity index (χ1) is 12.5. The molecule has 0 aromatic carbocycles. The number of allylic oxidation sites excluding steroid dienone is 1. The molecule has 0 aliphatic rings. The van der Waals surface area contributed by atoms with Crippen molar-refractivity contribution in [3.8, 4) is 17.3 Å². The monoisotopic (exact) mass is 345 g/mol. The van der Waals surface area contributed by atoms with Crippen LogP contribution in [-0.2, 0) is 4.84 Å². The van der Waals surface area contributed by atoms with E-state index in [1.807, 2.05) is 32.0 Å². The Kier molecular flexibility index (Phi) is 4.81. The Morgan fingerprint density at radius 3 is 2.65 bits per heavy atom. The molecule has 0 aliphatic heterocycles. The van der Waals surface area contributed by atoms with E-state index in [0.717, 1.165) is 33.6 Å². The van der Waals surface area contributed by atoms with Crippen molar-refractivity contribution in [1.82, 2.24) is 15.0 Å². The van der Waals surface area contributed by atoms with Crippen molar-refractivity contribution in [2.24, 2.45) is 5.16 Å². The first-order valence-corrected chi connectivity index (χ1v) is 8.21. The van der Waals surface area contributed by atoms with Gasteiger partial charge < -0.3 is 9.82 Å². The lowest BCUT2D eigenvalue weighted by molar-refractivity contribution is 0.230. The van der Waals surface area contributed by atoms with Gasteiger partial charge in [0.2, 0.25) is 0 Å². The average molecular weight is 345 g/mol. The van der Waals surface area contributed by atoms with Crippen LogP contribution in [0.1, 0.15) is 37.9 Å². The van der Waals surface area contributed by atoms with Crippen LogP contribution >= 0.6 is 0 Å². The molecule has 1 N–H and O–H groups in total. The van der Waals surface area contributed by atoms with Gasteiger partial charge in [-0.3, -0.25) is 4.98 Å². The summed E-state index contributed by atoms with van der Waals surface area (Å²) in [7, 11) is 0. The highest BCUT2D eigenvalue weighted by atomic mass is 16.6. The Morgan fingerprint density at radius 2 is 2.00 bits per heavy atom. The molecule has 0 saturated carbocycles. The summed E-state index contributed by atoms with van der Waals surface area (Å²) in [6, 6.07) is 9.55. The molecular formula is C20H19N5O. The molecule has 0 spiro atoms. The maximum atomic E-state index is 9.22. The summed E-state index contributed by atoms with van der Waals surface area (Å²) < 4.78 is 0. The highest BCUT2D eigenvalue weighted by molar-refractivity contribution is 5.97. The fourth-order valence-electron chi connectivity index (χ4n) is 2.75. The molecular weight excluding hydrogens is 326 g/mol. The third-order valence-corrected chi connectivity index (χ3v) is 4.17. The van der Waals surface area contributed by atoms with E-state index in [0.29, 0.717) is 11.5 Å². The zero-order valence-corrected chi connectivity index (χ0v) is 14.9. The lowest BCUT2D eigenvalue weighted by atomic mass is 9.93. The van der Waals surface area contributed by atoms with Crippen LogP contribution in [0.15, 0.2) is 54.2 Å². The van der Waals surface area contributed by atoms with E-state index >= 15 is 0 Å². The molecule has 3 aromatic rings. The van der Waals surface area contributed by atoms with Gasteiger partial charge in [-0.1, -0.05) is 18.7 Å². The molecule has 3 heterocycles. The summed E-state index contributed by atoms with van der Waals surface area (Å²) >= 11 is 0. The van der Waals surface area contributed by atoms with Gasteiger partial charge in [0.05, 0.1) is 22.4 Å². The fraction of sp³-hybridized carbons (Fsp3) is 0.200. The molecule has 6 nitrogen and oxygen atoms in total. The van der Waals surface area contributed by atoms with Crippen molar-refractivity contribution in [1.29, 1.82) is 5.26 Å². The predicted molar refractivity (Wildman–Crippen MR) is 101 cm³/mol. The highest BCUT2D eigenvalue weighted by Gasteiger charge is 2.22. The number of aromatic nitrogens is 3. The number of hydrogen-bond acceptors (Lipinski definition) is 5. The van der Waals surface area contributed by atoms with Crippen LogP contribution in [-0.4, -0.2) is 20.7 Å². The quantitative estimate of drug-likeness (QED) is 0.418. The van der Waals surface area contributed by atoms with Crippen LogP contribution in [0.3, 0.4) is 0 Å². The van der Waals surface area contributed by atoms with Gasteiger partial charge in [0.15, 0.2) is 0 Å². The third kappa shape index (κ3) is 3.33. The van der Waals surface area contributed by atoms with Gasteiger partial charge in [0.25, 0.3) is 0 Å². The number of hydrogen-bond donors (Lipinski definition) is 1. The molecule has 3 rings (SSSR count). The molecule has 26 heavy (non-hydrogen) atoms. The van der Waals surface area contributed by atoms with Crippen LogP contribution in [0, 0.1) is 11.3 Å². The second-order valence-electron chi connectivity index (χ2n) is 6.10. The van der Waals surface area contributed by atoms with Crippen molar-refractivity contribution in [2.75, 3.05) is 0 Å². The van der Waals surface area contributed by atoms with E-state index in [-0.39, 0.29) is 5.92 Å². The van der Waals surface area contributed by atoms with E-state index in [1.165, 1.54) is 0 Å². The largest absolute Gasteiger partial charge is 0.362 e. The number of nitriles is 1. The summed E-state index contributed by atoms with van der Waals surface area (Å²) in [5.41, 5.74) is 5.68. The van der Waals surface area contributed by atoms with Crippen molar-refractivity contribution in [2.45, 2.75) is 26.7 Å². The number of aromatic amines is 1. The Hall–Kier alpha value is -3.46. The minimum absolute atomic E-state index is 0.0762. The minimum Gasteiger partial charge on any atom is -0.362 e. The summed E-state index contributed by atoms with van der Waals surface area (Å²) in [6.07, 6.45) is 3.49. The molecule has 1 unspecified atom stereocenters. The molecule has 1 atom stereocenters. The van der Waals surface area contributed by atoms with Crippen LogP contribution in [0.4, 0.5) is 0 Å². The van der Waals surface area contributed by atoms with E-state index in [9.17, 15) is 5.26 Å². The third-order valence-electron chi connectivity index (χ3n) is 4.17. The van der Waals surface area contributed by atoms with Crippen LogP contribution in [0.2, 0.25) is 0 Å². The standard InChI is InChI=1S/C20H19N5O/c1-12(2)26-25-14(4)13(3)18-19(15-7-9-22-10-8-15)24-17-6-5-16(11-21)23-20(17)18/h5-10,13,24H,1H2,2-4H3. The fourth-order valence-corrected chi connectivity index (χ4v) is 2.75. The normalized spacial score (nSPS) is 12.6. The zero-order chi connectivity index (χ0) is 18.7. The Balaban J connectivity index is 2.21. The number of H-pyrrole nitrogens is 1. The maximum Gasteiger partial charge on any atom is 0.141 e. The Bertz CT molecular complexity index is 1030. The van der Waals surface area contributed by atoms with E-state index in [1.54, 1.807) is 25.4 Å².